The van der Waals surface area contributed by atoms with E-state index >= 15 is 0 Å². The average molecular weight is 326 g/mol. The Bertz CT molecular complexity index is 421. The maximum absolute atomic E-state index is 7.50. The zero-order valence-electron chi connectivity index (χ0n) is 13.6. The molecule has 0 amide bonds. The van der Waals surface area contributed by atoms with Gasteiger partial charge in [0.25, 0.3) is 0 Å². The SMILES string of the molecule is CC(C)(C)C(=C=[C]=[Mn])C(C)(C)C.[C-]#[O+].[C-]#[O+].[CH]1C=CC=C1. The minimum Gasteiger partial charge on any atom is -0.0767 e. The summed E-state index contributed by atoms with van der Waals surface area (Å²) in [6, 6.07) is 0. The Morgan fingerprint density at radius 1 is 0.810 bits per heavy atom. The van der Waals surface area contributed by atoms with E-state index in [-0.39, 0.29) is 10.8 Å². The second-order valence-electron chi connectivity index (χ2n) is 6.06. The maximum atomic E-state index is 7.50. The predicted octanol–water partition coefficient (Wildman–Crippen LogP) is 4.35. The predicted molar refractivity (Wildman–Crippen MR) is 81.4 cm³/mol. The quantitative estimate of drug-likeness (QED) is 0.275. The van der Waals surface area contributed by atoms with E-state index in [4.69, 9.17) is 9.30 Å². The molecule has 0 spiro atoms. The molecule has 2 nitrogen and oxygen atoms in total. The molecule has 0 N–H and O–H groups in total. The molecule has 0 unspecified atom stereocenters. The van der Waals surface area contributed by atoms with Crippen molar-refractivity contribution in [2.75, 3.05) is 0 Å². The van der Waals surface area contributed by atoms with Gasteiger partial charge in [-0.05, 0) is 0 Å². The van der Waals surface area contributed by atoms with Gasteiger partial charge in [-0.25, -0.2) is 0 Å². The van der Waals surface area contributed by atoms with Gasteiger partial charge in [-0.2, -0.15) is 0 Å². The van der Waals surface area contributed by atoms with Gasteiger partial charge in [0.1, 0.15) is 0 Å². The maximum Gasteiger partial charge on any atom is 0.00506 e. The molecule has 0 heterocycles. The molecular weight excluding hydrogens is 303 g/mol. The first-order valence-electron chi connectivity index (χ1n) is 6.26. The van der Waals surface area contributed by atoms with Crippen molar-refractivity contribution in [2.45, 2.75) is 41.5 Å². The van der Waals surface area contributed by atoms with Gasteiger partial charge in [0.05, 0.1) is 0 Å². The van der Waals surface area contributed by atoms with Gasteiger partial charge in [0.15, 0.2) is 0 Å². The van der Waals surface area contributed by atoms with Crippen LogP contribution in [0, 0.1) is 30.6 Å². The van der Waals surface area contributed by atoms with Gasteiger partial charge in [0, 0.05) is 6.42 Å². The van der Waals surface area contributed by atoms with Crippen LogP contribution in [-0.2, 0) is 24.9 Å². The van der Waals surface area contributed by atoms with Crippen LogP contribution >= 0.6 is 0 Å². The molecular formula is C18H23MnO2. The molecule has 0 fully saturated rings. The largest absolute Gasteiger partial charge is 0.0767 e. The van der Waals surface area contributed by atoms with Crippen molar-refractivity contribution in [1.29, 1.82) is 0 Å². The molecule has 0 saturated carbocycles. The Morgan fingerprint density at radius 3 is 1.24 bits per heavy atom. The molecule has 3 heteroatoms. The molecule has 0 aromatic heterocycles. The summed E-state index contributed by atoms with van der Waals surface area (Å²) >= 11 is 3.15. The summed E-state index contributed by atoms with van der Waals surface area (Å²) in [5.41, 5.74) is 4.76. The van der Waals surface area contributed by atoms with Gasteiger partial charge in [-0.3, -0.25) is 0 Å². The van der Waals surface area contributed by atoms with Crippen molar-refractivity contribution in [1.82, 2.24) is 0 Å². The van der Waals surface area contributed by atoms with Crippen LogP contribution in [0.4, 0.5) is 0 Å². The average Bonchev–Trinajstić information content (AvgIpc) is 2.97. The van der Waals surface area contributed by atoms with Crippen LogP contribution in [0.1, 0.15) is 41.5 Å². The molecule has 1 rings (SSSR count). The fourth-order valence-corrected chi connectivity index (χ4v) is 2.02. The van der Waals surface area contributed by atoms with E-state index < -0.39 is 0 Å². The summed E-state index contributed by atoms with van der Waals surface area (Å²) in [7, 11) is 0. The van der Waals surface area contributed by atoms with E-state index in [0.717, 1.165) is 0 Å². The Balaban J connectivity index is -0.000000295. The van der Waals surface area contributed by atoms with Crippen LogP contribution in [-0.4, -0.2) is 4.58 Å². The first-order chi connectivity index (χ1) is 9.69. The first-order valence-corrected chi connectivity index (χ1v) is 6.85. The Hall–Kier alpha value is -1.09. The van der Waals surface area contributed by atoms with Gasteiger partial charge in [0.2, 0.25) is 0 Å². The minimum atomic E-state index is 0.166. The summed E-state index contributed by atoms with van der Waals surface area (Å²) in [5, 5.41) is 0. The zero-order valence-corrected chi connectivity index (χ0v) is 14.8. The molecule has 0 atom stereocenters. The van der Waals surface area contributed by atoms with Crippen LogP contribution in [0.5, 0.6) is 0 Å². The summed E-state index contributed by atoms with van der Waals surface area (Å²) in [4.78, 5) is 0. The second-order valence-corrected chi connectivity index (χ2v) is 6.35. The minimum absolute atomic E-state index is 0.166. The van der Waals surface area contributed by atoms with Crippen molar-refractivity contribution in [2.24, 2.45) is 10.8 Å². The molecule has 114 valence electrons. The molecule has 21 heavy (non-hydrogen) atoms. The van der Waals surface area contributed by atoms with E-state index in [1.54, 1.807) is 0 Å². The Kier molecular flexibility index (Phi) is 16.4. The van der Waals surface area contributed by atoms with Crippen molar-refractivity contribution < 1.29 is 24.9 Å². The third-order valence-electron chi connectivity index (χ3n) is 2.23. The number of allylic oxidation sites excluding steroid dienone is 5. The smallest absolute Gasteiger partial charge is 0.00506 e. The fourth-order valence-electron chi connectivity index (χ4n) is 1.87. The third-order valence-corrected chi connectivity index (χ3v) is 2.38. The van der Waals surface area contributed by atoms with Crippen molar-refractivity contribution in [3.05, 3.63) is 55.3 Å². The number of hydrogen-bond acceptors (Lipinski definition) is 0. The molecule has 0 bridgehead atoms. The van der Waals surface area contributed by atoms with Gasteiger partial charge < -0.3 is 0 Å². The van der Waals surface area contributed by atoms with Crippen molar-refractivity contribution >= 4 is 4.58 Å². The van der Waals surface area contributed by atoms with Crippen LogP contribution in [0.15, 0.2) is 35.6 Å². The van der Waals surface area contributed by atoms with E-state index in [0.29, 0.717) is 0 Å². The fraction of sp³-hybridized carbons (Fsp3) is 0.444. The van der Waals surface area contributed by atoms with Crippen molar-refractivity contribution in [3.8, 4) is 0 Å². The summed E-state index contributed by atoms with van der Waals surface area (Å²) in [6.45, 7) is 22.2. The zero-order chi connectivity index (χ0) is 17.5. The second kappa shape index (κ2) is 13.9. The third kappa shape index (κ3) is 15.1. The van der Waals surface area contributed by atoms with E-state index in [2.05, 4.69) is 80.7 Å². The molecule has 1 aliphatic carbocycles. The Labute approximate surface area is 137 Å². The summed E-state index contributed by atoms with van der Waals surface area (Å²) in [5.74, 6) is 0. The molecule has 0 aromatic rings. The van der Waals surface area contributed by atoms with E-state index in [1.165, 1.54) is 5.57 Å². The molecule has 1 radical (unpaired) electrons. The normalized spacial score (nSPS) is 11.1. The molecule has 0 aliphatic heterocycles. The van der Waals surface area contributed by atoms with Crippen LogP contribution in [0.2, 0.25) is 0 Å². The number of rotatable bonds is 0. The molecule has 0 saturated heterocycles. The number of hydrogen-bond donors (Lipinski definition) is 0. The summed E-state index contributed by atoms with van der Waals surface area (Å²) < 4.78 is 17.8. The van der Waals surface area contributed by atoms with Crippen LogP contribution in [0.3, 0.4) is 0 Å². The van der Waals surface area contributed by atoms with Gasteiger partial charge >= 0.3 is 106 Å². The van der Waals surface area contributed by atoms with Crippen LogP contribution in [0.25, 0.3) is 0 Å². The Morgan fingerprint density at radius 2 is 1.14 bits per heavy atom. The van der Waals surface area contributed by atoms with E-state index in [1.807, 2.05) is 30.7 Å². The summed E-state index contributed by atoms with van der Waals surface area (Å²) in [6.07, 6.45) is 10.0. The first kappa shape index (κ1) is 24.9. The van der Waals surface area contributed by atoms with Crippen molar-refractivity contribution in [3.63, 3.8) is 0 Å². The molecule has 0 aromatic carbocycles. The molecule has 1 aliphatic rings. The van der Waals surface area contributed by atoms with Gasteiger partial charge in [-0.15, -0.1) is 0 Å². The van der Waals surface area contributed by atoms with E-state index in [9.17, 15) is 0 Å². The van der Waals surface area contributed by atoms with Gasteiger partial charge in [-0.1, -0.05) is 24.3 Å². The monoisotopic (exact) mass is 326 g/mol. The topological polar surface area (TPSA) is 39.8 Å². The van der Waals surface area contributed by atoms with Crippen LogP contribution < -0.4 is 0 Å². The standard InChI is InChI=1S/C11H18.C5H5.2CO.Mn/c1-8-9(10(2,3)4)11(5,6)7;1-2-4-5-3-1;2*1-2;/h2-7H3;1-5H;;;.